The normalized spacial score (nSPS) is 17.4. The number of Topliss-reactive ketones (excluding diaryl/α,β-unsaturated/α-hetero) is 1. The smallest absolute Gasteiger partial charge is 0.407 e. The fourth-order valence-electron chi connectivity index (χ4n) is 1.85. The molecule has 6 nitrogen and oxygen atoms in total. The van der Waals surface area contributed by atoms with Crippen LogP contribution in [0.4, 0.5) is 4.79 Å². The van der Waals surface area contributed by atoms with E-state index >= 15 is 0 Å². The number of carbonyl (C=O) groups is 2. The fourth-order valence-corrected chi connectivity index (χ4v) is 1.85. The molecule has 1 saturated heterocycles. The zero-order valence-corrected chi connectivity index (χ0v) is 8.63. The highest BCUT2D eigenvalue weighted by atomic mass is 16.4. The van der Waals surface area contributed by atoms with E-state index in [2.05, 4.69) is 4.98 Å². The quantitative estimate of drug-likeness (QED) is 0.764. The van der Waals surface area contributed by atoms with E-state index in [0.717, 1.165) is 0 Å². The first-order valence-electron chi connectivity index (χ1n) is 5.10. The number of ketones is 1. The lowest BCUT2D eigenvalue weighted by Crippen LogP contribution is -2.39. The van der Waals surface area contributed by atoms with Gasteiger partial charge in [0, 0.05) is 19.0 Å². The summed E-state index contributed by atoms with van der Waals surface area (Å²) in [5.41, 5.74) is 0. The molecule has 1 aliphatic rings. The van der Waals surface area contributed by atoms with Crippen LogP contribution in [-0.2, 0) is 0 Å². The topological polar surface area (TPSA) is 83.6 Å². The van der Waals surface area contributed by atoms with E-state index in [9.17, 15) is 9.59 Å². The molecular formula is C10H12N2O4. The molecule has 1 aliphatic heterocycles. The lowest BCUT2D eigenvalue weighted by molar-refractivity contribution is 0.0788. The number of piperidine rings is 1. The van der Waals surface area contributed by atoms with Crippen LogP contribution in [0.3, 0.4) is 0 Å². The van der Waals surface area contributed by atoms with E-state index in [0.29, 0.717) is 25.9 Å². The molecule has 0 saturated carbocycles. The highest BCUT2D eigenvalue weighted by Gasteiger charge is 2.29. The largest absolute Gasteiger partial charge is 0.465 e. The van der Waals surface area contributed by atoms with Gasteiger partial charge in [0.15, 0.2) is 0 Å². The van der Waals surface area contributed by atoms with E-state index in [-0.39, 0.29) is 17.6 Å². The van der Waals surface area contributed by atoms with Crippen molar-refractivity contribution in [3.05, 3.63) is 18.4 Å². The number of rotatable bonds is 2. The van der Waals surface area contributed by atoms with Gasteiger partial charge in [0.1, 0.15) is 6.26 Å². The summed E-state index contributed by atoms with van der Waals surface area (Å²) in [4.78, 5) is 27.6. The molecule has 16 heavy (non-hydrogen) atoms. The predicted octanol–water partition coefficient (Wildman–Crippen LogP) is 1.25. The molecule has 1 fully saturated rings. The minimum Gasteiger partial charge on any atom is -0.465 e. The van der Waals surface area contributed by atoms with Gasteiger partial charge >= 0.3 is 6.09 Å². The van der Waals surface area contributed by atoms with Crippen LogP contribution in [0, 0.1) is 5.92 Å². The minimum absolute atomic E-state index is 0.119. The first kappa shape index (κ1) is 10.7. The van der Waals surface area contributed by atoms with Crippen LogP contribution in [0.2, 0.25) is 0 Å². The second kappa shape index (κ2) is 4.34. The van der Waals surface area contributed by atoms with Crippen molar-refractivity contribution in [1.29, 1.82) is 0 Å². The molecule has 1 aromatic rings. The lowest BCUT2D eigenvalue weighted by Gasteiger charge is -2.28. The Morgan fingerprint density at radius 3 is 2.62 bits per heavy atom. The van der Waals surface area contributed by atoms with Crippen molar-refractivity contribution in [3.8, 4) is 0 Å². The summed E-state index contributed by atoms with van der Waals surface area (Å²) in [5.74, 6) is -0.182. The molecule has 2 heterocycles. The van der Waals surface area contributed by atoms with Gasteiger partial charge in [-0.1, -0.05) is 0 Å². The van der Waals surface area contributed by atoms with Crippen molar-refractivity contribution in [3.63, 3.8) is 0 Å². The molecule has 1 aromatic heterocycles. The highest BCUT2D eigenvalue weighted by molar-refractivity contribution is 5.93. The van der Waals surface area contributed by atoms with Crippen molar-refractivity contribution < 1.29 is 19.1 Å². The van der Waals surface area contributed by atoms with Crippen molar-refractivity contribution in [2.24, 2.45) is 5.92 Å². The maximum Gasteiger partial charge on any atom is 0.407 e. The zero-order valence-electron chi connectivity index (χ0n) is 8.63. The van der Waals surface area contributed by atoms with Crippen LogP contribution >= 0.6 is 0 Å². The Morgan fingerprint density at radius 1 is 1.44 bits per heavy atom. The van der Waals surface area contributed by atoms with Crippen molar-refractivity contribution >= 4 is 11.9 Å². The number of carbonyl (C=O) groups excluding carboxylic acids is 1. The monoisotopic (exact) mass is 224 g/mol. The molecular weight excluding hydrogens is 212 g/mol. The minimum atomic E-state index is -0.929. The SMILES string of the molecule is O=C(c1ncco1)C1CCN(C(=O)O)CC1. The van der Waals surface area contributed by atoms with Gasteiger partial charge in [-0.3, -0.25) is 4.79 Å². The molecule has 0 bridgehead atoms. The number of hydrogen-bond acceptors (Lipinski definition) is 4. The molecule has 0 aromatic carbocycles. The average Bonchev–Trinajstić information content (AvgIpc) is 2.81. The third-order valence-corrected chi connectivity index (χ3v) is 2.78. The summed E-state index contributed by atoms with van der Waals surface area (Å²) in [5, 5.41) is 8.76. The number of likely N-dealkylation sites (tertiary alicyclic amines) is 1. The summed E-state index contributed by atoms with van der Waals surface area (Å²) < 4.78 is 4.93. The summed E-state index contributed by atoms with van der Waals surface area (Å²) in [7, 11) is 0. The Hall–Kier alpha value is -1.85. The van der Waals surface area contributed by atoms with Gasteiger partial charge in [0.05, 0.1) is 6.20 Å². The second-order valence-corrected chi connectivity index (χ2v) is 3.75. The van der Waals surface area contributed by atoms with Crippen LogP contribution in [-0.4, -0.2) is 40.0 Å². The number of amides is 1. The van der Waals surface area contributed by atoms with Crippen molar-refractivity contribution in [2.75, 3.05) is 13.1 Å². The molecule has 1 amide bonds. The molecule has 0 unspecified atom stereocenters. The van der Waals surface area contributed by atoms with E-state index in [1.807, 2.05) is 0 Å². The van der Waals surface area contributed by atoms with Crippen LogP contribution in [0.5, 0.6) is 0 Å². The third-order valence-electron chi connectivity index (χ3n) is 2.78. The maximum absolute atomic E-state index is 11.8. The number of oxazole rings is 1. The van der Waals surface area contributed by atoms with E-state index in [1.54, 1.807) is 0 Å². The molecule has 86 valence electrons. The van der Waals surface area contributed by atoms with Gasteiger partial charge in [0.2, 0.25) is 5.78 Å². The first-order valence-corrected chi connectivity index (χ1v) is 5.10. The first-order chi connectivity index (χ1) is 7.68. The zero-order chi connectivity index (χ0) is 11.5. The summed E-state index contributed by atoms with van der Waals surface area (Å²) in [6.07, 6.45) is 2.93. The Labute approximate surface area is 91.9 Å². The molecule has 0 atom stereocenters. The van der Waals surface area contributed by atoms with Crippen molar-refractivity contribution in [2.45, 2.75) is 12.8 Å². The Bertz CT molecular complexity index is 380. The van der Waals surface area contributed by atoms with Crippen LogP contribution in [0.15, 0.2) is 16.9 Å². The average molecular weight is 224 g/mol. The molecule has 0 spiro atoms. The number of hydrogen-bond donors (Lipinski definition) is 1. The highest BCUT2D eigenvalue weighted by Crippen LogP contribution is 2.21. The van der Waals surface area contributed by atoms with Crippen LogP contribution in [0.25, 0.3) is 0 Å². The Morgan fingerprint density at radius 2 is 2.12 bits per heavy atom. The molecule has 1 N–H and O–H groups in total. The Balaban J connectivity index is 1.94. The van der Waals surface area contributed by atoms with Crippen LogP contribution in [0.1, 0.15) is 23.5 Å². The van der Waals surface area contributed by atoms with Gasteiger partial charge < -0.3 is 14.4 Å². The molecule has 0 radical (unpaired) electrons. The molecule has 6 heteroatoms. The molecule has 2 rings (SSSR count). The second-order valence-electron chi connectivity index (χ2n) is 3.75. The van der Waals surface area contributed by atoms with Crippen molar-refractivity contribution in [1.82, 2.24) is 9.88 Å². The van der Waals surface area contributed by atoms with Gasteiger partial charge in [-0.15, -0.1) is 0 Å². The molecule has 0 aliphatic carbocycles. The third kappa shape index (κ3) is 2.05. The van der Waals surface area contributed by atoms with Gasteiger partial charge in [0.25, 0.3) is 5.89 Å². The summed E-state index contributed by atoms with van der Waals surface area (Å²) >= 11 is 0. The lowest BCUT2D eigenvalue weighted by atomic mass is 9.92. The summed E-state index contributed by atoms with van der Waals surface area (Å²) in [6, 6.07) is 0. The fraction of sp³-hybridized carbons (Fsp3) is 0.500. The predicted molar refractivity (Wildman–Crippen MR) is 53.2 cm³/mol. The Kier molecular flexibility index (Phi) is 2.89. The number of carboxylic acid groups (broad SMARTS) is 1. The maximum atomic E-state index is 11.8. The summed E-state index contributed by atoms with van der Waals surface area (Å²) in [6.45, 7) is 0.791. The number of nitrogens with zero attached hydrogens (tertiary/aromatic N) is 2. The van der Waals surface area contributed by atoms with Gasteiger partial charge in [-0.2, -0.15) is 0 Å². The van der Waals surface area contributed by atoms with E-state index in [1.165, 1.54) is 17.4 Å². The van der Waals surface area contributed by atoms with Gasteiger partial charge in [-0.25, -0.2) is 9.78 Å². The van der Waals surface area contributed by atoms with Gasteiger partial charge in [-0.05, 0) is 12.8 Å². The van der Waals surface area contributed by atoms with E-state index in [4.69, 9.17) is 9.52 Å². The standard InChI is InChI=1S/C10H12N2O4/c13-8(9-11-3-6-16-9)7-1-4-12(5-2-7)10(14)15/h3,6-7H,1-2,4-5H2,(H,14,15). The van der Waals surface area contributed by atoms with E-state index < -0.39 is 6.09 Å². The number of aromatic nitrogens is 1. The van der Waals surface area contributed by atoms with Crippen LogP contribution < -0.4 is 0 Å².